The van der Waals surface area contributed by atoms with Crippen molar-refractivity contribution in [1.82, 2.24) is 14.8 Å². The van der Waals surface area contributed by atoms with Crippen LogP contribution in [0, 0.1) is 0 Å². The highest BCUT2D eigenvalue weighted by molar-refractivity contribution is 5.73. The first-order valence-electron chi connectivity index (χ1n) is 8.28. The van der Waals surface area contributed by atoms with Crippen LogP contribution in [0.2, 0.25) is 0 Å². The average Bonchev–Trinajstić information content (AvgIpc) is 2.57. The van der Waals surface area contributed by atoms with E-state index in [2.05, 4.69) is 9.88 Å². The lowest BCUT2D eigenvalue weighted by atomic mass is 9.99. The lowest BCUT2D eigenvalue weighted by molar-refractivity contribution is -0.130. The van der Waals surface area contributed by atoms with Gasteiger partial charge in [-0.3, -0.25) is 14.7 Å². The van der Waals surface area contributed by atoms with E-state index in [4.69, 9.17) is 4.74 Å². The Labute approximate surface area is 132 Å². The quantitative estimate of drug-likeness (QED) is 0.856. The standard InChI is InChI=1S/C17H25N3O2/c1-14(21)19-10-4-15(5-11-19)20-12-6-17(7-13-20)22-16-2-8-18-9-3-16/h2-3,8-9,15,17H,4-7,10-13H2,1H3. The van der Waals surface area contributed by atoms with Crippen molar-refractivity contribution in [3.05, 3.63) is 24.5 Å². The Balaban J connectivity index is 1.43. The van der Waals surface area contributed by atoms with Crippen LogP contribution >= 0.6 is 0 Å². The van der Waals surface area contributed by atoms with Crippen LogP contribution in [0.4, 0.5) is 0 Å². The van der Waals surface area contributed by atoms with Gasteiger partial charge in [0.15, 0.2) is 0 Å². The number of piperidine rings is 2. The van der Waals surface area contributed by atoms with Crippen LogP contribution in [0.3, 0.4) is 0 Å². The third-order valence-corrected chi connectivity index (χ3v) is 4.86. The Morgan fingerprint density at radius 1 is 1.09 bits per heavy atom. The average molecular weight is 303 g/mol. The molecule has 0 radical (unpaired) electrons. The van der Waals surface area contributed by atoms with Crippen molar-refractivity contribution in [2.75, 3.05) is 26.2 Å². The smallest absolute Gasteiger partial charge is 0.219 e. The fourth-order valence-electron chi connectivity index (χ4n) is 3.51. The van der Waals surface area contributed by atoms with Gasteiger partial charge in [-0.15, -0.1) is 0 Å². The number of carbonyl (C=O) groups is 1. The lowest BCUT2D eigenvalue weighted by Gasteiger charge is -2.41. The molecule has 5 nitrogen and oxygen atoms in total. The molecule has 0 bridgehead atoms. The maximum absolute atomic E-state index is 11.4. The zero-order valence-corrected chi connectivity index (χ0v) is 13.3. The highest BCUT2D eigenvalue weighted by Gasteiger charge is 2.29. The number of hydrogen-bond acceptors (Lipinski definition) is 4. The van der Waals surface area contributed by atoms with Gasteiger partial charge in [-0.2, -0.15) is 0 Å². The Kier molecular flexibility index (Phi) is 4.93. The third kappa shape index (κ3) is 3.77. The maximum Gasteiger partial charge on any atom is 0.219 e. The number of likely N-dealkylation sites (tertiary alicyclic amines) is 2. The predicted molar refractivity (Wildman–Crippen MR) is 84.7 cm³/mol. The zero-order chi connectivity index (χ0) is 15.4. The van der Waals surface area contributed by atoms with Crippen LogP contribution in [0.5, 0.6) is 5.75 Å². The van der Waals surface area contributed by atoms with Crippen molar-refractivity contribution < 1.29 is 9.53 Å². The molecule has 0 spiro atoms. The lowest BCUT2D eigenvalue weighted by Crippen LogP contribution is -2.49. The maximum atomic E-state index is 11.4. The number of rotatable bonds is 3. The molecule has 5 heteroatoms. The number of carbonyl (C=O) groups excluding carboxylic acids is 1. The van der Waals surface area contributed by atoms with E-state index in [1.54, 1.807) is 19.3 Å². The SMILES string of the molecule is CC(=O)N1CCC(N2CCC(Oc3ccncc3)CC2)CC1. The van der Waals surface area contributed by atoms with E-state index in [9.17, 15) is 4.79 Å². The summed E-state index contributed by atoms with van der Waals surface area (Å²) < 4.78 is 6.02. The van der Waals surface area contributed by atoms with Gasteiger partial charge in [0.1, 0.15) is 11.9 Å². The van der Waals surface area contributed by atoms with Gasteiger partial charge in [-0.05, 0) is 37.8 Å². The van der Waals surface area contributed by atoms with Gasteiger partial charge in [0.05, 0.1) is 0 Å². The van der Waals surface area contributed by atoms with Crippen LogP contribution in [0.15, 0.2) is 24.5 Å². The van der Waals surface area contributed by atoms with Crippen molar-refractivity contribution in [3.63, 3.8) is 0 Å². The highest BCUT2D eigenvalue weighted by Crippen LogP contribution is 2.23. The molecule has 0 saturated carbocycles. The molecule has 0 aromatic carbocycles. The number of aromatic nitrogens is 1. The molecule has 120 valence electrons. The van der Waals surface area contributed by atoms with E-state index >= 15 is 0 Å². The minimum atomic E-state index is 0.211. The molecule has 3 rings (SSSR count). The number of nitrogens with zero attached hydrogens (tertiary/aromatic N) is 3. The van der Waals surface area contributed by atoms with Crippen LogP contribution < -0.4 is 4.74 Å². The molecule has 0 N–H and O–H groups in total. The number of hydrogen-bond donors (Lipinski definition) is 0. The number of amides is 1. The van der Waals surface area contributed by atoms with E-state index < -0.39 is 0 Å². The highest BCUT2D eigenvalue weighted by atomic mass is 16.5. The molecule has 2 aliphatic heterocycles. The minimum Gasteiger partial charge on any atom is -0.490 e. The molecule has 1 amide bonds. The van der Waals surface area contributed by atoms with Crippen LogP contribution in [0.1, 0.15) is 32.6 Å². The summed E-state index contributed by atoms with van der Waals surface area (Å²) in [6, 6.07) is 4.48. The summed E-state index contributed by atoms with van der Waals surface area (Å²) in [5.41, 5.74) is 0. The van der Waals surface area contributed by atoms with Gasteiger partial charge < -0.3 is 9.64 Å². The van der Waals surface area contributed by atoms with Gasteiger partial charge >= 0.3 is 0 Å². The van der Waals surface area contributed by atoms with E-state index in [0.29, 0.717) is 12.1 Å². The second kappa shape index (κ2) is 7.09. The molecular formula is C17H25N3O2. The summed E-state index contributed by atoms with van der Waals surface area (Å²) in [5.74, 6) is 1.13. The molecule has 0 atom stereocenters. The van der Waals surface area contributed by atoms with Gasteiger partial charge in [0.25, 0.3) is 0 Å². The number of pyridine rings is 1. The van der Waals surface area contributed by atoms with E-state index in [-0.39, 0.29) is 5.91 Å². The van der Waals surface area contributed by atoms with Crippen molar-refractivity contribution in [2.24, 2.45) is 0 Å². The Morgan fingerprint density at radius 2 is 1.73 bits per heavy atom. The van der Waals surface area contributed by atoms with Crippen molar-refractivity contribution in [3.8, 4) is 5.75 Å². The van der Waals surface area contributed by atoms with Gasteiger partial charge in [0.2, 0.25) is 5.91 Å². The fourth-order valence-corrected chi connectivity index (χ4v) is 3.51. The first-order chi connectivity index (χ1) is 10.7. The van der Waals surface area contributed by atoms with E-state index in [1.165, 1.54) is 0 Å². The number of ether oxygens (including phenoxy) is 1. The summed E-state index contributed by atoms with van der Waals surface area (Å²) >= 11 is 0. The predicted octanol–water partition coefficient (Wildman–Crippen LogP) is 1.94. The monoisotopic (exact) mass is 303 g/mol. The van der Waals surface area contributed by atoms with Crippen LogP contribution in [-0.2, 0) is 4.79 Å². The van der Waals surface area contributed by atoms with Crippen molar-refractivity contribution in [2.45, 2.75) is 44.8 Å². The summed E-state index contributed by atoms with van der Waals surface area (Å²) in [4.78, 5) is 20.0. The molecule has 1 aromatic rings. The Morgan fingerprint density at radius 3 is 2.32 bits per heavy atom. The van der Waals surface area contributed by atoms with Crippen molar-refractivity contribution in [1.29, 1.82) is 0 Å². The molecule has 0 unspecified atom stereocenters. The minimum absolute atomic E-state index is 0.211. The second-order valence-corrected chi connectivity index (χ2v) is 6.27. The van der Waals surface area contributed by atoms with Crippen LogP contribution in [-0.4, -0.2) is 59.0 Å². The summed E-state index contributed by atoms with van der Waals surface area (Å²) in [7, 11) is 0. The molecular weight excluding hydrogens is 278 g/mol. The molecule has 2 saturated heterocycles. The molecule has 0 aliphatic carbocycles. The van der Waals surface area contributed by atoms with Crippen molar-refractivity contribution >= 4 is 5.91 Å². The zero-order valence-electron chi connectivity index (χ0n) is 13.3. The summed E-state index contributed by atoms with van der Waals surface area (Å²) in [6.07, 6.45) is 8.23. The first kappa shape index (κ1) is 15.3. The van der Waals surface area contributed by atoms with Gasteiger partial charge in [-0.25, -0.2) is 0 Å². The fraction of sp³-hybridized carbons (Fsp3) is 0.647. The van der Waals surface area contributed by atoms with Gasteiger partial charge in [0, 0.05) is 51.5 Å². The topological polar surface area (TPSA) is 45.7 Å². The summed E-state index contributed by atoms with van der Waals surface area (Å²) in [5, 5.41) is 0. The molecule has 2 aliphatic rings. The Bertz CT molecular complexity index is 478. The third-order valence-electron chi connectivity index (χ3n) is 4.86. The summed E-state index contributed by atoms with van der Waals surface area (Å²) in [6.45, 7) is 5.68. The largest absolute Gasteiger partial charge is 0.490 e. The molecule has 3 heterocycles. The van der Waals surface area contributed by atoms with E-state index in [0.717, 1.165) is 57.6 Å². The second-order valence-electron chi connectivity index (χ2n) is 6.27. The molecule has 22 heavy (non-hydrogen) atoms. The molecule has 2 fully saturated rings. The van der Waals surface area contributed by atoms with Crippen LogP contribution in [0.25, 0.3) is 0 Å². The Hall–Kier alpha value is -1.62. The van der Waals surface area contributed by atoms with E-state index in [1.807, 2.05) is 17.0 Å². The first-order valence-corrected chi connectivity index (χ1v) is 8.28. The molecule has 1 aromatic heterocycles. The van der Waals surface area contributed by atoms with Gasteiger partial charge in [-0.1, -0.05) is 0 Å². The normalized spacial score (nSPS) is 21.8.